The maximum absolute atomic E-state index is 11.8. The molecule has 1 aromatic rings. The van der Waals surface area contributed by atoms with Crippen molar-refractivity contribution in [1.29, 1.82) is 0 Å². The minimum Gasteiger partial charge on any atom is -0.352 e. The number of carbonyl (C=O) groups excluding carboxylic acids is 1. The fourth-order valence-electron chi connectivity index (χ4n) is 2.17. The van der Waals surface area contributed by atoms with Crippen LogP contribution < -0.4 is 16.2 Å². The summed E-state index contributed by atoms with van der Waals surface area (Å²) >= 11 is 3.31. The molecule has 0 radical (unpaired) electrons. The smallest absolute Gasteiger partial charge is 0.250 e. The number of pyridine rings is 1. The second-order valence-electron chi connectivity index (χ2n) is 4.74. The lowest BCUT2D eigenvalue weighted by atomic mass is 10.1. The maximum atomic E-state index is 11.8. The molecule has 20 heavy (non-hydrogen) atoms. The lowest BCUT2D eigenvalue weighted by molar-refractivity contribution is -0.122. The summed E-state index contributed by atoms with van der Waals surface area (Å²) < 4.78 is 2.38. The molecule has 0 unspecified atom stereocenters. The maximum Gasteiger partial charge on any atom is 0.250 e. The van der Waals surface area contributed by atoms with E-state index in [-0.39, 0.29) is 29.9 Å². The Morgan fingerprint density at radius 2 is 2.30 bits per heavy atom. The first-order valence-electron chi connectivity index (χ1n) is 6.51. The number of amides is 1. The van der Waals surface area contributed by atoms with Crippen LogP contribution >= 0.6 is 28.3 Å². The zero-order valence-electron chi connectivity index (χ0n) is 11.1. The van der Waals surface area contributed by atoms with Crippen LogP contribution in [0.4, 0.5) is 0 Å². The van der Waals surface area contributed by atoms with Crippen molar-refractivity contribution in [2.75, 3.05) is 13.1 Å². The van der Waals surface area contributed by atoms with Crippen LogP contribution in [-0.4, -0.2) is 29.6 Å². The van der Waals surface area contributed by atoms with Crippen LogP contribution in [0.15, 0.2) is 27.6 Å². The number of aromatic nitrogens is 1. The van der Waals surface area contributed by atoms with Crippen molar-refractivity contribution in [3.63, 3.8) is 0 Å². The average Bonchev–Trinajstić information content (AvgIpc) is 2.41. The second kappa shape index (κ2) is 8.44. The number of rotatable bonds is 4. The Hall–Kier alpha value is -0.850. The van der Waals surface area contributed by atoms with Crippen LogP contribution in [0.25, 0.3) is 0 Å². The number of nitrogens with zero attached hydrogens (tertiary/aromatic N) is 1. The van der Waals surface area contributed by atoms with Crippen LogP contribution in [0.5, 0.6) is 0 Å². The van der Waals surface area contributed by atoms with Crippen LogP contribution in [0, 0.1) is 0 Å². The Bertz CT molecular complexity index is 501. The fourth-order valence-corrected chi connectivity index (χ4v) is 2.55. The summed E-state index contributed by atoms with van der Waals surface area (Å²) in [4.78, 5) is 23.4. The molecule has 0 aliphatic carbocycles. The van der Waals surface area contributed by atoms with Gasteiger partial charge in [-0.3, -0.25) is 9.59 Å². The number of hydrogen-bond acceptors (Lipinski definition) is 3. The number of piperidine rings is 1. The summed E-state index contributed by atoms with van der Waals surface area (Å²) in [6.07, 6.45) is 4.15. The molecule has 7 heteroatoms. The highest BCUT2D eigenvalue weighted by atomic mass is 79.9. The van der Waals surface area contributed by atoms with Gasteiger partial charge in [-0.15, -0.1) is 12.4 Å². The van der Waals surface area contributed by atoms with Gasteiger partial charge in [0.05, 0.1) is 0 Å². The third-order valence-electron chi connectivity index (χ3n) is 3.19. The topological polar surface area (TPSA) is 63.1 Å². The van der Waals surface area contributed by atoms with Crippen LogP contribution in [-0.2, 0) is 11.3 Å². The Kier molecular flexibility index (Phi) is 7.26. The van der Waals surface area contributed by atoms with E-state index < -0.39 is 0 Å². The van der Waals surface area contributed by atoms with E-state index >= 15 is 0 Å². The van der Waals surface area contributed by atoms with Gasteiger partial charge in [-0.05, 0) is 41.4 Å². The summed E-state index contributed by atoms with van der Waals surface area (Å²) in [5.41, 5.74) is -0.0877. The predicted octanol–water partition coefficient (Wildman–Crippen LogP) is 1.29. The molecule has 112 valence electrons. The Labute approximate surface area is 132 Å². The summed E-state index contributed by atoms with van der Waals surface area (Å²) in [6, 6.07) is 3.42. The molecular formula is C13H19BrClN3O2. The van der Waals surface area contributed by atoms with Gasteiger partial charge in [-0.1, -0.05) is 0 Å². The molecule has 1 atom stereocenters. The van der Waals surface area contributed by atoms with Crippen LogP contribution in [0.2, 0.25) is 0 Å². The molecule has 5 nitrogen and oxygen atoms in total. The normalized spacial score (nSPS) is 18.1. The van der Waals surface area contributed by atoms with Crippen molar-refractivity contribution in [2.45, 2.75) is 31.8 Å². The summed E-state index contributed by atoms with van der Waals surface area (Å²) in [7, 11) is 0. The number of aryl methyl sites for hydroxylation is 1. The van der Waals surface area contributed by atoms with E-state index in [1.165, 1.54) is 6.07 Å². The highest BCUT2D eigenvalue weighted by Gasteiger charge is 2.15. The van der Waals surface area contributed by atoms with Gasteiger partial charge in [0.25, 0.3) is 5.56 Å². The second-order valence-corrected chi connectivity index (χ2v) is 5.66. The van der Waals surface area contributed by atoms with Crippen molar-refractivity contribution in [2.24, 2.45) is 0 Å². The Morgan fingerprint density at radius 3 is 3.00 bits per heavy atom. The molecule has 1 aliphatic heterocycles. The molecule has 1 aromatic heterocycles. The molecule has 0 aromatic carbocycles. The van der Waals surface area contributed by atoms with Crippen molar-refractivity contribution < 1.29 is 4.79 Å². The van der Waals surface area contributed by atoms with Crippen molar-refractivity contribution in [3.05, 3.63) is 33.2 Å². The van der Waals surface area contributed by atoms with Crippen LogP contribution in [0.1, 0.15) is 19.3 Å². The van der Waals surface area contributed by atoms with Gasteiger partial charge in [0.2, 0.25) is 5.91 Å². The zero-order chi connectivity index (χ0) is 13.7. The Balaban J connectivity index is 0.00000200. The van der Waals surface area contributed by atoms with Crippen molar-refractivity contribution in [1.82, 2.24) is 15.2 Å². The monoisotopic (exact) mass is 363 g/mol. The van der Waals surface area contributed by atoms with Crippen molar-refractivity contribution >= 4 is 34.2 Å². The van der Waals surface area contributed by atoms with Gasteiger partial charge in [-0.2, -0.15) is 0 Å². The van der Waals surface area contributed by atoms with E-state index in [1.807, 2.05) is 0 Å². The molecule has 1 fully saturated rings. The van der Waals surface area contributed by atoms with Gasteiger partial charge in [0.15, 0.2) is 0 Å². The molecule has 1 saturated heterocycles. The number of hydrogen-bond donors (Lipinski definition) is 2. The third-order valence-corrected chi connectivity index (χ3v) is 3.66. The zero-order valence-corrected chi connectivity index (χ0v) is 13.5. The summed E-state index contributed by atoms with van der Waals surface area (Å²) in [6.45, 7) is 2.27. The average molecular weight is 365 g/mol. The van der Waals surface area contributed by atoms with E-state index in [9.17, 15) is 9.59 Å². The lowest BCUT2D eigenvalue weighted by Gasteiger charge is -2.23. The SMILES string of the molecule is Cl.O=C(CCn1cc(Br)ccc1=O)N[C@H]1CCCNC1. The molecule has 0 spiro atoms. The van der Waals surface area contributed by atoms with Crippen LogP contribution in [0.3, 0.4) is 0 Å². The molecule has 2 rings (SSSR count). The van der Waals surface area contributed by atoms with Gasteiger partial charge < -0.3 is 15.2 Å². The molecule has 0 saturated carbocycles. The highest BCUT2D eigenvalue weighted by Crippen LogP contribution is 2.05. The largest absolute Gasteiger partial charge is 0.352 e. The molecule has 2 N–H and O–H groups in total. The van der Waals surface area contributed by atoms with E-state index in [1.54, 1.807) is 16.8 Å². The highest BCUT2D eigenvalue weighted by molar-refractivity contribution is 9.10. The minimum atomic E-state index is -0.0877. The van der Waals surface area contributed by atoms with Gasteiger partial charge >= 0.3 is 0 Å². The van der Waals surface area contributed by atoms with E-state index in [4.69, 9.17) is 0 Å². The van der Waals surface area contributed by atoms with E-state index in [2.05, 4.69) is 26.6 Å². The lowest BCUT2D eigenvalue weighted by Crippen LogP contribution is -2.45. The molecule has 2 heterocycles. The van der Waals surface area contributed by atoms with Gasteiger partial charge in [0, 0.05) is 42.3 Å². The molecule has 1 aliphatic rings. The third kappa shape index (κ3) is 5.26. The first-order valence-corrected chi connectivity index (χ1v) is 7.30. The molecule has 0 bridgehead atoms. The molecule has 1 amide bonds. The molecular weight excluding hydrogens is 346 g/mol. The number of nitrogens with one attached hydrogen (secondary N) is 2. The fraction of sp³-hybridized carbons (Fsp3) is 0.538. The number of halogens is 2. The quantitative estimate of drug-likeness (QED) is 0.846. The summed E-state index contributed by atoms with van der Waals surface area (Å²) in [5, 5.41) is 6.25. The van der Waals surface area contributed by atoms with E-state index in [0.29, 0.717) is 13.0 Å². The standard InChI is InChI=1S/C13H18BrN3O2.ClH/c14-10-3-4-13(19)17(9-10)7-5-12(18)16-11-2-1-6-15-8-11;/h3-4,9,11,15H,1-2,5-8H2,(H,16,18);1H/t11-;/m0./s1. The Morgan fingerprint density at radius 1 is 1.50 bits per heavy atom. The predicted molar refractivity (Wildman–Crippen MR) is 84.3 cm³/mol. The van der Waals surface area contributed by atoms with E-state index in [0.717, 1.165) is 30.4 Å². The van der Waals surface area contributed by atoms with Gasteiger partial charge in [0.1, 0.15) is 0 Å². The van der Waals surface area contributed by atoms with Crippen molar-refractivity contribution in [3.8, 4) is 0 Å². The number of carbonyl (C=O) groups is 1. The summed E-state index contributed by atoms with van der Waals surface area (Å²) in [5.74, 6) is 0.000533. The first kappa shape index (κ1) is 17.2. The minimum absolute atomic E-state index is 0. The first-order chi connectivity index (χ1) is 9.15. The van der Waals surface area contributed by atoms with Gasteiger partial charge in [-0.25, -0.2) is 0 Å².